The lowest BCUT2D eigenvalue weighted by molar-refractivity contribution is 0.435. The summed E-state index contributed by atoms with van der Waals surface area (Å²) in [6.45, 7) is 4.46. The molecule has 0 bridgehead atoms. The minimum atomic E-state index is 0.532. The van der Waals surface area contributed by atoms with Crippen LogP contribution in [0.5, 0.6) is 0 Å². The molecule has 4 heteroatoms. The lowest BCUT2D eigenvalue weighted by Crippen LogP contribution is -2.25. The summed E-state index contributed by atoms with van der Waals surface area (Å²) >= 11 is 5.91. The van der Waals surface area contributed by atoms with Crippen molar-refractivity contribution in [2.24, 2.45) is 5.92 Å². The molecular formula is C13H20ClN3. The van der Waals surface area contributed by atoms with Crippen molar-refractivity contribution in [2.75, 3.05) is 18.0 Å². The molecule has 0 radical (unpaired) electrons. The summed E-state index contributed by atoms with van der Waals surface area (Å²) in [5.41, 5.74) is 0. The largest absolute Gasteiger partial charge is 0.356 e. The molecule has 1 fully saturated rings. The van der Waals surface area contributed by atoms with E-state index in [4.69, 9.17) is 11.6 Å². The highest BCUT2D eigenvalue weighted by atomic mass is 35.5. The standard InChI is InChI=1S/C13H20ClN3/c1-2-4-11-5-3-7-17(8-6-11)13-9-12(14)15-10-16-13/h9-11H,2-8H2,1H3. The topological polar surface area (TPSA) is 29.0 Å². The summed E-state index contributed by atoms with van der Waals surface area (Å²) in [6, 6.07) is 1.86. The lowest BCUT2D eigenvalue weighted by Gasteiger charge is -2.21. The second kappa shape index (κ2) is 6.20. The Morgan fingerprint density at radius 2 is 2.24 bits per heavy atom. The van der Waals surface area contributed by atoms with Gasteiger partial charge in [-0.3, -0.25) is 0 Å². The van der Waals surface area contributed by atoms with Gasteiger partial charge in [-0.15, -0.1) is 0 Å². The number of hydrogen-bond donors (Lipinski definition) is 0. The van der Waals surface area contributed by atoms with Crippen LogP contribution in [0.25, 0.3) is 0 Å². The lowest BCUT2D eigenvalue weighted by atomic mass is 9.96. The Morgan fingerprint density at radius 1 is 1.35 bits per heavy atom. The fraction of sp³-hybridized carbons (Fsp3) is 0.692. The highest BCUT2D eigenvalue weighted by molar-refractivity contribution is 6.29. The molecule has 1 unspecified atom stereocenters. The number of anilines is 1. The Hall–Kier alpha value is -0.830. The van der Waals surface area contributed by atoms with E-state index in [9.17, 15) is 0 Å². The highest BCUT2D eigenvalue weighted by Gasteiger charge is 2.17. The van der Waals surface area contributed by atoms with Crippen LogP contribution < -0.4 is 4.90 Å². The molecular weight excluding hydrogens is 234 g/mol. The van der Waals surface area contributed by atoms with Crippen LogP contribution in [0.1, 0.15) is 39.0 Å². The van der Waals surface area contributed by atoms with Gasteiger partial charge in [0.1, 0.15) is 17.3 Å². The van der Waals surface area contributed by atoms with Crippen molar-refractivity contribution >= 4 is 17.4 Å². The van der Waals surface area contributed by atoms with Crippen LogP contribution in [0, 0.1) is 5.92 Å². The zero-order valence-electron chi connectivity index (χ0n) is 10.4. The molecule has 17 heavy (non-hydrogen) atoms. The molecule has 2 rings (SSSR count). The smallest absolute Gasteiger partial charge is 0.134 e. The fourth-order valence-electron chi connectivity index (χ4n) is 2.59. The van der Waals surface area contributed by atoms with Crippen LogP contribution >= 0.6 is 11.6 Å². The maximum absolute atomic E-state index is 5.91. The van der Waals surface area contributed by atoms with Gasteiger partial charge in [0, 0.05) is 19.2 Å². The van der Waals surface area contributed by atoms with Gasteiger partial charge in [-0.1, -0.05) is 31.4 Å². The minimum Gasteiger partial charge on any atom is -0.356 e. The molecule has 1 aliphatic heterocycles. The zero-order valence-corrected chi connectivity index (χ0v) is 11.2. The fourth-order valence-corrected chi connectivity index (χ4v) is 2.73. The van der Waals surface area contributed by atoms with E-state index >= 15 is 0 Å². The molecule has 0 aliphatic carbocycles. The molecule has 0 aromatic carbocycles. The van der Waals surface area contributed by atoms with Gasteiger partial charge in [-0.05, 0) is 25.2 Å². The number of nitrogens with zero attached hydrogens (tertiary/aromatic N) is 3. The molecule has 0 spiro atoms. The quantitative estimate of drug-likeness (QED) is 0.772. The van der Waals surface area contributed by atoms with E-state index in [1.807, 2.05) is 6.07 Å². The monoisotopic (exact) mass is 253 g/mol. The van der Waals surface area contributed by atoms with Crippen molar-refractivity contribution in [2.45, 2.75) is 39.0 Å². The first-order valence-electron chi connectivity index (χ1n) is 6.52. The van der Waals surface area contributed by atoms with Crippen LogP contribution in [-0.2, 0) is 0 Å². The minimum absolute atomic E-state index is 0.532. The van der Waals surface area contributed by atoms with Crippen molar-refractivity contribution in [1.82, 2.24) is 9.97 Å². The summed E-state index contributed by atoms with van der Waals surface area (Å²) in [6.07, 6.45) is 8.08. The summed E-state index contributed by atoms with van der Waals surface area (Å²) in [5, 5.41) is 0.532. The van der Waals surface area contributed by atoms with E-state index in [-0.39, 0.29) is 0 Å². The second-order valence-corrected chi connectivity index (χ2v) is 5.16. The maximum atomic E-state index is 5.91. The molecule has 1 aromatic rings. The van der Waals surface area contributed by atoms with Gasteiger partial charge >= 0.3 is 0 Å². The normalized spacial score (nSPS) is 21.3. The Morgan fingerprint density at radius 3 is 3.00 bits per heavy atom. The van der Waals surface area contributed by atoms with Crippen molar-refractivity contribution in [3.63, 3.8) is 0 Å². The molecule has 0 amide bonds. The molecule has 1 atom stereocenters. The average Bonchev–Trinajstić information content (AvgIpc) is 2.55. The SMILES string of the molecule is CCCC1CCCN(c2cc(Cl)ncn2)CC1. The third kappa shape index (κ3) is 3.56. The third-order valence-corrected chi connectivity index (χ3v) is 3.69. The van der Waals surface area contributed by atoms with Crippen molar-refractivity contribution < 1.29 is 0 Å². The molecule has 1 saturated heterocycles. The van der Waals surface area contributed by atoms with Gasteiger partial charge in [0.25, 0.3) is 0 Å². The van der Waals surface area contributed by atoms with E-state index in [2.05, 4.69) is 21.8 Å². The Balaban J connectivity index is 1.99. The first-order chi connectivity index (χ1) is 8.29. The van der Waals surface area contributed by atoms with E-state index in [0.29, 0.717) is 5.15 Å². The van der Waals surface area contributed by atoms with Gasteiger partial charge in [0.2, 0.25) is 0 Å². The number of hydrogen-bond acceptors (Lipinski definition) is 3. The van der Waals surface area contributed by atoms with Gasteiger partial charge in [-0.25, -0.2) is 9.97 Å². The summed E-state index contributed by atoms with van der Waals surface area (Å²) in [5.74, 6) is 1.87. The van der Waals surface area contributed by atoms with Crippen LogP contribution in [0.15, 0.2) is 12.4 Å². The first-order valence-corrected chi connectivity index (χ1v) is 6.90. The van der Waals surface area contributed by atoms with Gasteiger partial charge < -0.3 is 4.90 Å². The molecule has 0 N–H and O–H groups in total. The van der Waals surface area contributed by atoms with E-state index in [1.165, 1.54) is 32.1 Å². The van der Waals surface area contributed by atoms with E-state index < -0.39 is 0 Å². The molecule has 94 valence electrons. The summed E-state index contributed by atoms with van der Waals surface area (Å²) in [7, 11) is 0. The maximum Gasteiger partial charge on any atom is 0.134 e. The van der Waals surface area contributed by atoms with Crippen molar-refractivity contribution in [1.29, 1.82) is 0 Å². The predicted molar refractivity (Wildman–Crippen MR) is 71.5 cm³/mol. The van der Waals surface area contributed by atoms with Gasteiger partial charge in [-0.2, -0.15) is 0 Å². The Kier molecular flexibility index (Phi) is 4.60. The van der Waals surface area contributed by atoms with Crippen molar-refractivity contribution in [3.05, 3.63) is 17.5 Å². The van der Waals surface area contributed by atoms with E-state index in [1.54, 1.807) is 6.33 Å². The number of rotatable bonds is 3. The first kappa shape index (κ1) is 12.6. The van der Waals surface area contributed by atoms with Crippen LogP contribution in [0.4, 0.5) is 5.82 Å². The second-order valence-electron chi connectivity index (χ2n) is 4.77. The Labute approximate surface area is 108 Å². The third-order valence-electron chi connectivity index (χ3n) is 3.49. The summed E-state index contributed by atoms with van der Waals surface area (Å²) in [4.78, 5) is 10.6. The number of halogens is 1. The highest BCUT2D eigenvalue weighted by Crippen LogP contribution is 2.24. The van der Waals surface area contributed by atoms with Crippen LogP contribution in [-0.4, -0.2) is 23.1 Å². The van der Waals surface area contributed by atoms with Gasteiger partial charge in [0.05, 0.1) is 0 Å². The molecule has 3 nitrogen and oxygen atoms in total. The number of aromatic nitrogens is 2. The zero-order chi connectivity index (χ0) is 12.1. The average molecular weight is 254 g/mol. The Bertz CT molecular complexity index is 356. The van der Waals surface area contributed by atoms with Crippen LogP contribution in [0.3, 0.4) is 0 Å². The molecule has 2 heterocycles. The van der Waals surface area contributed by atoms with E-state index in [0.717, 1.165) is 24.8 Å². The van der Waals surface area contributed by atoms with Crippen LogP contribution in [0.2, 0.25) is 5.15 Å². The molecule has 0 saturated carbocycles. The molecule has 1 aliphatic rings. The van der Waals surface area contributed by atoms with Gasteiger partial charge in [0.15, 0.2) is 0 Å². The summed E-state index contributed by atoms with van der Waals surface area (Å²) < 4.78 is 0. The molecule has 1 aromatic heterocycles. The van der Waals surface area contributed by atoms with Crippen molar-refractivity contribution in [3.8, 4) is 0 Å². The predicted octanol–water partition coefficient (Wildman–Crippen LogP) is 3.54.